The summed E-state index contributed by atoms with van der Waals surface area (Å²) in [4.78, 5) is 1.26. The van der Waals surface area contributed by atoms with Crippen LogP contribution < -0.4 is 0 Å². The summed E-state index contributed by atoms with van der Waals surface area (Å²) in [5, 5.41) is 2.09. The minimum Gasteiger partial charge on any atom is -0.374 e. The van der Waals surface area contributed by atoms with E-state index in [9.17, 15) is 0 Å². The molecule has 0 saturated heterocycles. The summed E-state index contributed by atoms with van der Waals surface area (Å²) < 4.78 is 11.8. The van der Waals surface area contributed by atoms with Gasteiger partial charge in [0.2, 0.25) is 0 Å². The Morgan fingerprint density at radius 1 is 1.15 bits per heavy atom. The summed E-state index contributed by atoms with van der Waals surface area (Å²) in [7, 11) is 0. The number of hydrogen-bond donors (Lipinski definition) is 0. The topological polar surface area (TPSA) is 18.5 Å². The zero-order chi connectivity index (χ0) is 13.6. The highest BCUT2D eigenvalue weighted by Gasteiger charge is 2.20. The summed E-state index contributed by atoms with van der Waals surface area (Å²) in [5.41, 5.74) is 1.20. The van der Waals surface area contributed by atoms with Crippen molar-refractivity contribution in [2.75, 3.05) is 6.61 Å². The second-order valence-corrected chi connectivity index (χ2v) is 5.84. The van der Waals surface area contributed by atoms with E-state index in [-0.39, 0.29) is 12.2 Å². The first-order valence-electron chi connectivity index (χ1n) is 6.89. The molecule has 1 aromatic heterocycles. The highest BCUT2D eigenvalue weighted by molar-refractivity contribution is 7.10. The fourth-order valence-electron chi connectivity index (χ4n) is 2.27. The minimum atomic E-state index is 0.0917. The Bertz CT molecular complexity index is 533. The second-order valence-electron chi connectivity index (χ2n) is 4.86. The van der Waals surface area contributed by atoms with Crippen LogP contribution in [0.4, 0.5) is 0 Å². The van der Waals surface area contributed by atoms with E-state index >= 15 is 0 Å². The minimum absolute atomic E-state index is 0.0917. The number of benzene rings is 1. The molecule has 1 aliphatic rings. The van der Waals surface area contributed by atoms with E-state index in [4.69, 9.17) is 9.47 Å². The molecule has 0 spiro atoms. The van der Waals surface area contributed by atoms with Crippen molar-refractivity contribution in [2.45, 2.75) is 25.2 Å². The Morgan fingerprint density at radius 3 is 2.85 bits per heavy atom. The molecule has 3 rings (SSSR count). The molecule has 2 heterocycles. The van der Waals surface area contributed by atoms with E-state index < -0.39 is 0 Å². The van der Waals surface area contributed by atoms with Gasteiger partial charge in [0.25, 0.3) is 0 Å². The first-order chi connectivity index (χ1) is 9.92. The molecule has 0 N–H and O–H groups in total. The molecular formula is C17H18O2S. The van der Waals surface area contributed by atoms with Gasteiger partial charge in [-0.15, -0.1) is 11.3 Å². The van der Waals surface area contributed by atoms with Crippen LogP contribution in [0.1, 0.15) is 23.0 Å². The van der Waals surface area contributed by atoms with E-state index in [0.717, 1.165) is 6.42 Å². The molecule has 2 nitrogen and oxygen atoms in total. The van der Waals surface area contributed by atoms with Gasteiger partial charge in [-0.3, -0.25) is 0 Å². The molecule has 0 radical (unpaired) electrons. The van der Waals surface area contributed by atoms with Crippen molar-refractivity contribution >= 4 is 11.3 Å². The van der Waals surface area contributed by atoms with Gasteiger partial charge in [-0.05, 0) is 23.4 Å². The molecule has 104 valence electrons. The quantitative estimate of drug-likeness (QED) is 0.761. The van der Waals surface area contributed by atoms with Crippen LogP contribution >= 0.6 is 11.3 Å². The van der Waals surface area contributed by atoms with Crippen LogP contribution in [0.3, 0.4) is 0 Å². The van der Waals surface area contributed by atoms with Crippen molar-refractivity contribution in [3.05, 3.63) is 70.4 Å². The predicted molar refractivity (Wildman–Crippen MR) is 81.8 cm³/mol. The highest BCUT2D eigenvalue weighted by Crippen LogP contribution is 2.29. The molecule has 0 aliphatic carbocycles. The van der Waals surface area contributed by atoms with Crippen molar-refractivity contribution in [3.8, 4) is 0 Å². The third-order valence-electron chi connectivity index (χ3n) is 3.29. The van der Waals surface area contributed by atoms with Gasteiger partial charge in [0, 0.05) is 4.88 Å². The van der Waals surface area contributed by atoms with E-state index in [1.807, 2.05) is 18.2 Å². The third kappa shape index (κ3) is 3.57. The van der Waals surface area contributed by atoms with Crippen molar-refractivity contribution in [1.82, 2.24) is 0 Å². The molecule has 2 atom stereocenters. The molecule has 0 amide bonds. The van der Waals surface area contributed by atoms with Gasteiger partial charge in [0.05, 0.1) is 19.3 Å². The summed E-state index contributed by atoms with van der Waals surface area (Å²) in [6, 6.07) is 14.4. The lowest BCUT2D eigenvalue weighted by molar-refractivity contribution is -0.0495. The Balaban J connectivity index is 1.48. The average molecular weight is 286 g/mol. The molecule has 1 aliphatic heterocycles. The average Bonchev–Trinajstić information content (AvgIpc) is 3.03. The molecule has 0 bridgehead atoms. The normalized spacial score (nSPS) is 22.0. The first-order valence-corrected chi connectivity index (χ1v) is 7.77. The van der Waals surface area contributed by atoms with Gasteiger partial charge in [-0.25, -0.2) is 0 Å². The molecule has 0 unspecified atom stereocenters. The summed E-state index contributed by atoms with van der Waals surface area (Å²) in [6.07, 6.45) is 5.51. The van der Waals surface area contributed by atoms with Crippen LogP contribution in [0.2, 0.25) is 0 Å². The van der Waals surface area contributed by atoms with Crippen LogP contribution in [-0.2, 0) is 16.1 Å². The van der Waals surface area contributed by atoms with E-state index in [2.05, 4.69) is 41.8 Å². The van der Waals surface area contributed by atoms with Crippen molar-refractivity contribution in [1.29, 1.82) is 0 Å². The van der Waals surface area contributed by atoms with E-state index in [1.54, 1.807) is 11.3 Å². The van der Waals surface area contributed by atoms with Gasteiger partial charge in [-0.1, -0.05) is 48.6 Å². The lowest BCUT2D eigenvalue weighted by atomic mass is 10.1. The monoisotopic (exact) mass is 286 g/mol. The van der Waals surface area contributed by atoms with Gasteiger partial charge in [0.1, 0.15) is 6.10 Å². The Labute approximate surface area is 123 Å². The van der Waals surface area contributed by atoms with Crippen LogP contribution in [-0.4, -0.2) is 12.7 Å². The maximum atomic E-state index is 6.07. The van der Waals surface area contributed by atoms with Crippen LogP contribution in [0.25, 0.3) is 0 Å². The van der Waals surface area contributed by atoms with E-state index in [1.165, 1.54) is 10.4 Å². The molecule has 0 saturated carbocycles. The van der Waals surface area contributed by atoms with Gasteiger partial charge in [0.15, 0.2) is 0 Å². The van der Waals surface area contributed by atoms with Gasteiger partial charge >= 0.3 is 0 Å². The van der Waals surface area contributed by atoms with Crippen molar-refractivity contribution in [3.63, 3.8) is 0 Å². The molecule has 3 heteroatoms. The highest BCUT2D eigenvalue weighted by atomic mass is 32.1. The number of thiophene rings is 1. The SMILES string of the molecule is C1=C[C@@H](c2cccs2)O[C@H](COCc2ccccc2)C1. The lowest BCUT2D eigenvalue weighted by Crippen LogP contribution is -2.23. The van der Waals surface area contributed by atoms with Gasteiger partial charge in [-0.2, -0.15) is 0 Å². The third-order valence-corrected chi connectivity index (χ3v) is 4.22. The first kappa shape index (κ1) is 13.6. The number of ether oxygens (including phenoxy) is 2. The molecule has 2 aromatic rings. The molecule has 20 heavy (non-hydrogen) atoms. The fraction of sp³-hybridized carbons (Fsp3) is 0.294. The zero-order valence-electron chi connectivity index (χ0n) is 11.3. The Hall–Kier alpha value is -1.42. The maximum absolute atomic E-state index is 6.07. The lowest BCUT2D eigenvalue weighted by Gasteiger charge is -2.25. The fourth-order valence-corrected chi connectivity index (χ4v) is 3.01. The summed E-state index contributed by atoms with van der Waals surface area (Å²) in [5.74, 6) is 0. The van der Waals surface area contributed by atoms with Gasteiger partial charge < -0.3 is 9.47 Å². The van der Waals surface area contributed by atoms with Crippen LogP contribution in [0.5, 0.6) is 0 Å². The maximum Gasteiger partial charge on any atom is 0.110 e. The second kappa shape index (κ2) is 6.84. The van der Waals surface area contributed by atoms with Crippen molar-refractivity contribution < 1.29 is 9.47 Å². The molecule has 0 fully saturated rings. The molecule has 1 aromatic carbocycles. The number of hydrogen-bond acceptors (Lipinski definition) is 3. The summed E-state index contributed by atoms with van der Waals surface area (Å²) in [6.45, 7) is 1.29. The summed E-state index contributed by atoms with van der Waals surface area (Å²) >= 11 is 1.74. The Morgan fingerprint density at radius 2 is 2.05 bits per heavy atom. The van der Waals surface area contributed by atoms with Crippen LogP contribution in [0.15, 0.2) is 60.0 Å². The van der Waals surface area contributed by atoms with Crippen LogP contribution in [0, 0.1) is 0 Å². The number of rotatable bonds is 5. The smallest absolute Gasteiger partial charge is 0.110 e. The largest absolute Gasteiger partial charge is 0.374 e. The standard InChI is InChI=1S/C17H18O2S/c1-2-6-14(7-3-1)12-18-13-15-8-4-9-16(19-15)17-10-5-11-20-17/h1-7,9-11,15-16H,8,12-13H2/t15-,16-/m0/s1. The van der Waals surface area contributed by atoms with Crippen molar-refractivity contribution in [2.24, 2.45) is 0 Å². The molecular weight excluding hydrogens is 268 g/mol. The Kier molecular flexibility index (Phi) is 4.64. The predicted octanol–water partition coefficient (Wildman–Crippen LogP) is 4.35. The van der Waals surface area contributed by atoms with E-state index in [0.29, 0.717) is 13.2 Å². The zero-order valence-corrected chi connectivity index (χ0v) is 12.1.